The van der Waals surface area contributed by atoms with Crippen LogP contribution in [0.5, 0.6) is 5.75 Å². The van der Waals surface area contributed by atoms with Gasteiger partial charge in [-0.1, -0.05) is 42.8 Å². The molecule has 2 unspecified atom stereocenters. The fourth-order valence-electron chi connectivity index (χ4n) is 7.05. The fourth-order valence-corrected chi connectivity index (χ4v) is 7.05. The average Bonchev–Trinajstić information content (AvgIpc) is 3.43. The van der Waals surface area contributed by atoms with E-state index in [0.29, 0.717) is 32.3 Å². The molecule has 0 radical (unpaired) electrons. The summed E-state index contributed by atoms with van der Waals surface area (Å²) in [6.45, 7) is 7.89. The fraction of sp³-hybridized carbons (Fsp3) is 0.515. The number of nitrogens with one attached hydrogen (secondary N) is 1. The molecular weight excluding hydrogens is 514 g/mol. The van der Waals surface area contributed by atoms with Crippen LogP contribution >= 0.6 is 0 Å². The summed E-state index contributed by atoms with van der Waals surface area (Å²) in [5, 5.41) is 0.936. The summed E-state index contributed by atoms with van der Waals surface area (Å²) in [6.07, 6.45) is 7.49. The number of nitrogens with zero attached hydrogens (tertiary/aromatic N) is 3. The highest BCUT2D eigenvalue weighted by molar-refractivity contribution is 6.11. The quantitative estimate of drug-likeness (QED) is 0.355. The van der Waals surface area contributed by atoms with E-state index in [9.17, 15) is 9.59 Å². The molecule has 8 nitrogen and oxygen atoms in total. The Morgan fingerprint density at radius 3 is 2.44 bits per heavy atom. The van der Waals surface area contributed by atoms with Crippen LogP contribution < -0.4 is 10.5 Å². The molecule has 41 heavy (non-hydrogen) atoms. The standard InChI is InChI=1S/C33H45N5O3/c1-4-41-30-15-9-6-12-25(30)23-36(3)32(40)33(24(2)39,31(34)28-22-35-29-14-8-7-13-27(28)29)38-20-16-26(17-21-38)37-18-10-5-11-19-37/h6-9,12-15,22,26,31,35H,4-5,10-11,16-21,23,34H2,1-3H3. The molecule has 1 amide bonds. The van der Waals surface area contributed by atoms with Crippen LogP contribution in [0, 0.1) is 0 Å². The molecular formula is C33H45N5O3. The lowest BCUT2D eigenvalue weighted by molar-refractivity contribution is -0.155. The monoisotopic (exact) mass is 559 g/mol. The maximum Gasteiger partial charge on any atom is 0.252 e. The zero-order valence-corrected chi connectivity index (χ0v) is 24.8. The van der Waals surface area contributed by atoms with Gasteiger partial charge < -0.3 is 25.3 Å². The van der Waals surface area contributed by atoms with E-state index in [2.05, 4.69) is 14.8 Å². The second kappa shape index (κ2) is 12.8. The van der Waals surface area contributed by atoms with Gasteiger partial charge in [-0.05, 0) is 70.3 Å². The van der Waals surface area contributed by atoms with Crippen LogP contribution in [0.4, 0.5) is 0 Å². The maximum atomic E-state index is 14.8. The summed E-state index contributed by atoms with van der Waals surface area (Å²) in [7, 11) is 1.77. The first-order valence-corrected chi connectivity index (χ1v) is 15.2. The number of likely N-dealkylation sites (tertiary alicyclic amines) is 2. The Balaban J connectivity index is 1.51. The first-order valence-electron chi connectivity index (χ1n) is 15.2. The number of ether oxygens (including phenoxy) is 1. The second-order valence-corrected chi connectivity index (χ2v) is 11.6. The van der Waals surface area contributed by atoms with Crippen molar-refractivity contribution < 1.29 is 14.3 Å². The van der Waals surface area contributed by atoms with Gasteiger partial charge in [0.15, 0.2) is 11.3 Å². The summed E-state index contributed by atoms with van der Waals surface area (Å²) in [6, 6.07) is 15.3. The van der Waals surface area contributed by atoms with Crippen molar-refractivity contribution in [3.8, 4) is 5.75 Å². The molecule has 5 rings (SSSR count). The summed E-state index contributed by atoms with van der Waals surface area (Å²) < 4.78 is 5.84. The number of fused-ring (bicyclic) bond motifs is 1. The Bertz CT molecular complexity index is 1340. The molecule has 3 aromatic rings. The minimum absolute atomic E-state index is 0.221. The minimum atomic E-state index is -1.53. The number of H-pyrrole nitrogens is 1. The number of amides is 1. The number of rotatable bonds is 10. The van der Waals surface area contributed by atoms with Gasteiger partial charge in [0.2, 0.25) is 0 Å². The van der Waals surface area contributed by atoms with E-state index in [1.54, 1.807) is 11.9 Å². The Labute approximate surface area is 243 Å². The van der Waals surface area contributed by atoms with Gasteiger partial charge in [0.25, 0.3) is 5.91 Å². The number of likely N-dealkylation sites (N-methyl/N-ethyl adjacent to an activating group) is 1. The van der Waals surface area contributed by atoms with E-state index in [1.807, 2.05) is 61.7 Å². The number of hydrogen-bond acceptors (Lipinski definition) is 6. The summed E-state index contributed by atoms with van der Waals surface area (Å²) in [5.74, 6) is 0.249. The van der Waals surface area contributed by atoms with Crippen LogP contribution in [0.15, 0.2) is 54.7 Å². The first-order chi connectivity index (χ1) is 19.9. The number of para-hydroxylation sites is 2. The van der Waals surface area contributed by atoms with Crippen molar-refractivity contribution >= 4 is 22.6 Å². The third-order valence-electron chi connectivity index (χ3n) is 9.17. The Morgan fingerprint density at radius 2 is 1.73 bits per heavy atom. The van der Waals surface area contributed by atoms with Crippen LogP contribution in [-0.2, 0) is 16.1 Å². The summed E-state index contributed by atoms with van der Waals surface area (Å²) in [5.41, 5.74) is 8.22. The van der Waals surface area contributed by atoms with Gasteiger partial charge in [0, 0.05) is 55.4 Å². The lowest BCUT2D eigenvalue weighted by Gasteiger charge is -2.50. The molecule has 220 valence electrons. The highest BCUT2D eigenvalue weighted by Gasteiger charge is 2.56. The van der Waals surface area contributed by atoms with Gasteiger partial charge in [-0.3, -0.25) is 14.5 Å². The van der Waals surface area contributed by atoms with Gasteiger partial charge in [0.1, 0.15) is 5.75 Å². The molecule has 3 heterocycles. The number of nitrogens with two attached hydrogens (primary N) is 1. The molecule has 2 aliphatic heterocycles. The van der Waals surface area contributed by atoms with Gasteiger partial charge in [-0.15, -0.1) is 0 Å². The SMILES string of the molecule is CCOc1ccccc1CN(C)C(=O)C(C(C)=O)(C(N)c1c[nH]c2ccccc12)N1CCC(N2CCCCC2)CC1. The highest BCUT2D eigenvalue weighted by Crippen LogP contribution is 2.39. The Kier molecular flexibility index (Phi) is 9.12. The zero-order chi connectivity index (χ0) is 29.0. The average molecular weight is 560 g/mol. The van der Waals surface area contributed by atoms with Crippen LogP contribution in [0.3, 0.4) is 0 Å². The molecule has 2 saturated heterocycles. The van der Waals surface area contributed by atoms with Gasteiger partial charge in [0.05, 0.1) is 12.6 Å². The van der Waals surface area contributed by atoms with E-state index < -0.39 is 11.6 Å². The van der Waals surface area contributed by atoms with E-state index in [4.69, 9.17) is 10.5 Å². The zero-order valence-electron chi connectivity index (χ0n) is 24.8. The largest absolute Gasteiger partial charge is 0.494 e. The van der Waals surface area contributed by atoms with Crippen LogP contribution in [-0.4, -0.2) is 82.8 Å². The Hall–Kier alpha value is -3.20. The normalized spacial score (nSPS) is 19.5. The summed E-state index contributed by atoms with van der Waals surface area (Å²) >= 11 is 0. The van der Waals surface area contributed by atoms with Gasteiger partial charge in [-0.2, -0.15) is 0 Å². The summed E-state index contributed by atoms with van der Waals surface area (Å²) in [4.78, 5) is 38.4. The second-order valence-electron chi connectivity index (χ2n) is 11.6. The predicted molar refractivity (Wildman–Crippen MR) is 163 cm³/mol. The van der Waals surface area contributed by atoms with Crippen molar-refractivity contribution in [3.63, 3.8) is 0 Å². The molecule has 2 atom stereocenters. The number of carbonyl (C=O) groups excluding carboxylic acids is 2. The third kappa shape index (κ3) is 5.65. The molecule has 1 aromatic heterocycles. The van der Waals surface area contributed by atoms with E-state index >= 15 is 0 Å². The molecule has 2 fully saturated rings. The van der Waals surface area contributed by atoms with Crippen molar-refractivity contribution in [1.82, 2.24) is 19.7 Å². The van der Waals surface area contributed by atoms with Gasteiger partial charge >= 0.3 is 0 Å². The lowest BCUT2D eigenvalue weighted by Crippen LogP contribution is -2.69. The van der Waals surface area contributed by atoms with Crippen LogP contribution in [0.2, 0.25) is 0 Å². The van der Waals surface area contributed by atoms with Crippen molar-refractivity contribution in [2.75, 3.05) is 39.8 Å². The van der Waals surface area contributed by atoms with E-state index in [-0.39, 0.29) is 11.7 Å². The van der Waals surface area contributed by atoms with E-state index in [1.165, 1.54) is 26.2 Å². The van der Waals surface area contributed by atoms with Crippen LogP contribution in [0.1, 0.15) is 63.1 Å². The first kappa shape index (κ1) is 29.3. The molecule has 0 bridgehead atoms. The molecule has 0 spiro atoms. The number of ketones is 1. The number of carbonyl (C=O) groups is 2. The smallest absolute Gasteiger partial charge is 0.252 e. The molecule has 8 heteroatoms. The molecule has 3 N–H and O–H groups in total. The highest BCUT2D eigenvalue weighted by atomic mass is 16.5. The number of aromatic nitrogens is 1. The molecule has 2 aliphatic rings. The molecule has 2 aromatic carbocycles. The van der Waals surface area contributed by atoms with Crippen molar-refractivity contribution in [2.24, 2.45) is 5.73 Å². The maximum absolute atomic E-state index is 14.8. The minimum Gasteiger partial charge on any atom is -0.494 e. The van der Waals surface area contributed by atoms with Gasteiger partial charge in [-0.25, -0.2) is 0 Å². The molecule has 0 aliphatic carbocycles. The number of benzene rings is 2. The third-order valence-corrected chi connectivity index (χ3v) is 9.17. The van der Waals surface area contributed by atoms with E-state index in [0.717, 1.165) is 53.7 Å². The lowest BCUT2D eigenvalue weighted by atomic mass is 9.78. The van der Waals surface area contributed by atoms with Crippen molar-refractivity contribution in [2.45, 2.75) is 70.1 Å². The van der Waals surface area contributed by atoms with Crippen molar-refractivity contribution in [1.29, 1.82) is 0 Å². The molecule has 0 saturated carbocycles. The number of aromatic amines is 1. The topological polar surface area (TPSA) is 94.9 Å². The predicted octanol–water partition coefficient (Wildman–Crippen LogP) is 4.50. The van der Waals surface area contributed by atoms with Crippen molar-refractivity contribution in [3.05, 3.63) is 65.9 Å². The Morgan fingerprint density at radius 1 is 1.05 bits per heavy atom. The number of hydrogen-bond donors (Lipinski definition) is 2. The number of piperidine rings is 2. The van der Waals surface area contributed by atoms with Crippen LogP contribution in [0.25, 0.3) is 10.9 Å². The number of Topliss-reactive ketones (excluding diaryl/α,β-unsaturated/α-hetero) is 1.